The van der Waals surface area contributed by atoms with Crippen molar-refractivity contribution in [1.29, 1.82) is 0 Å². The van der Waals surface area contributed by atoms with Crippen molar-refractivity contribution in [3.8, 4) is 0 Å². The number of carbonyl (C=O) groups excluding carboxylic acids is 1. The van der Waals surface area contributed by atoms with Gasteiger partial charge in [-0.05, 0) is 18.6 Å². The lowest BCUT2D eigenvalue weighted by Crippen LogP contribution is -2.10. The van der Waals surface area contributed by atoms with Gasteiger partial charge in [-0.2, -0.15) is 0 Å². The second-order valence-electron chi connectivity index (χ2n) is 3.52. The average molecular weight is 210 g/mol. The topological polar surface area (TPSA) is 67.5 Å². The van der Waals surface area contributed by atoms with Crippen LogP contribution in [0.25, 0.3) is 0 Å². The summed E-state index contributed by atoms with van der Waals surface area (Å²) in [7, 11) is 0. The predicted octanol–water partition coefficient (Wildman–Crippen LogP) is 2.60. The fraction of sp³-hybridized carbons (Fsp3) is 0.455. The molecule has 82 valence electrons. The number of carboxylic acid groups (broad SMARTS) is 1. The lowest BCUT2D eigenvalue weighted by molar-refractivity contribution is 0.0659. The largest absolute Gasteiger partial charge is 0.475 e. The molecule has 0 spiro atoms. The van der Waals surface area contributed by atoms with Crippen molar-refractivity contribution in [2.45, 2.75) is 26.7 Å². The highest BCUT2D eigenvalue weighted by atomic mass is 16.4. The summed E-state index contributed by atoms with van der Waals surface area (Å²) in [5, 5.41) is 8.62. The molecule has 0 bridgehead atoms. The van der Waals surface area contributed by atoms with Gasteiger partial charge in [0, 0.05) is 5.92 Å². The van der Waals surface area contributed by atoms with Crippen molar-refractivity contribution in [3.63, 3.8) is 0 Å². The van der Waals surface area contributed by atoms with Gasteiger partial charge in [-0.25, -0.2) is 4.79 Å². The third-order valence-electron chi connectivity index (χ3n) is 2.23. The van der Waals surface area contributed by atoms with E-state index in [0.717, 1.165) is 12.8 Å². The predicted molar refractivity (Wildman–Crippen MR) is 54.1 cm³/mol. The zero-order valence-corrected chi connectivity index (χ0v) is 8.82. The first kappa shape index (κ1) is 11.5. The highest BCUT2D eigenvalue weighted by Crippen LogP contribution is 2.16. The van der Waals surface area contributed by atoms with Crippen LogP contribution in [0.15, 0.2) is 16.5 Å². The number of aromatic carboxylic acids is 1. The summed E-state index contributed by atoms with van der Waals surface area (Å²) >= 11 is 0. The summed E-state index contributed by atoms with van der Waals surface area (Å²) in [5.74, 6) is -1.47. The van der Waals surface area contributed by atoms with Crippen molar-refractivity contribution < 1.29 is 19.1 Å². The number of carboxylic acids is 1. The molecule has 1 aromatic heterocycles. The van der Waals surface area contributed by atoms with Gasteiger partial charge in [-0.1, -0.05) is 20.3 Å². The number of ketones is 1. The summed E-state index contributed by atoms with van der Waals surface area (Å²) in [4.78, 5) is 22.2. The highest BCUT2D eigenvalue weighted by molar-refractivity contribution is 5.96. The van der Waals surface area contributed by atoms with Crippen LogP contribution in [-0.4, -0.2) is 16.9 Å². The molecule has 0 aromatic carbocycles. The maximum Gasteiger partial charge on any atom is 0.371 e. The molecule has 0 saturated carbocycles. The molecule has 15 heavy (non-hydrogen) atoms. The van der Waals surface area contributed by atoms with Gasteiger partial charge in [-0.15, -0.1) is 0 Å². The average Bonchev–Trinajstić information content (AvgIpc) is 2.65. The van der Waals surface area contributed by atoms with Gasteiger partial charge < -0.3 is 9.52 Å². The van der Waals surface area contributed by atoms with Crippen molar-refractivity contribution in [2.75, 3.05) is 0 Å². The van der Waals surface area contributed by atoms with Crippen molar-refractivity contribution in [1.82, 2.24) is 0 Å². The molecule has 0 aliphatic carbocycles. The van der Waals surface area contributed by atoms with E-state index in [9.17, 15) is 9.59 Å². The Labute approximate surface area is 87.9 Å². The maximum atomic E-state index is 11.7. The monoisotopic (exact) mass is 210 g/mol. The van der Waals surface area contributed by atoms with Gasteiger partial charge in [0.05, 0.1) is 0 Å². The van der Waals surface area contributed by atoms with E-state index in [1.54, 1.807) is 0 Å². The van der Waals surface area contributed by atoms with Gasteiger partial charge in [0.15, 0.2) is 5.76 Å². The Morgan fingerprint density at radius 3 is 2.47 bits per heavy atom. The number of Topliss-reactive ketones (excluding diaryl/α,β-unsaturated/α-hetero) is 1. The quantitative estimate of drug-likeness (QED) is 0.758. The van der Waals surface area contributed by atoms with E-state index in [1.165, 1.54) is 12.1 Å². The Hall–Kier alpha value is -1.58. The Morgan fingerprint density at radius 1 is 1.40 bits per heavy atom. The Kier molecular flexibility index (Phi) is 3.66. The van der Waals surface area contributed by atoms with Crippen LogP contribution >= 0.6 is 0 Å². The molecule has 4 nitrogen and oxygen atoms in total. The molecule has 0 amide bonds. The zero-order valence-electron chi connectivity index (χ0n) is 8.82. The molecule has 1 heterocycles. The van der Waals surface area contributed by atoms with Crippen LogP contribution in [0.3, 0.4) is 0 Å². The number of hydrogen-bond donors (Lipinski definition) is 1. The van der Waals surface area contributed by atoms with Gasteiger partial charge in [0.2, 0.25) is 11.5 Å². The molecule has 4 heteroatoms. The first-order chi connectivity index (χ1) is 7.06. The molecule has 1 N–H and O–H groups in total. The summed E-state index contributed by atoms with van der Waals surface area (Å²) in [6.45, 7) is 3.81. The van der Waals surface area contributed by atoms with Crippen LogP contribution in [-0.2, 0) is 0 Å². The molecule has 0 fully saturated rings. The van der Waals surface area contributed by atoms with E-state index in [4.69, 9.17) is 9.52 Å². The fourth-order valence-corrected chi connectivity index (χ4v) is 1.39. The van der Waals surface area contributed by atoms with E-state index in [-0.39, 0.29) is 23.2 Å². The Bertz CT molecular complexity index is 364. The van der Waals surface area contributed by atoms with Crippen LogP contribution in [0.5, 0.6) is 0 Å². The molecule has 0 saturated heterocycles. The molecule has 1 atom stereocenters. The van der Waals surface area contributed by atoms with Crippen LogP contribution < -0.4 is 0 Å². The summed E-state index contributed by atoms with van der Waals surface area (Å²) in [6.07, 6.45) is 1.70. The van der Waals surface area contributed by atoms with E-state index in [1.807, 2.05) is 13.8 Å². The van der Waals surface area contributed by atoms with Crippen molar-refractivity contribution >= 4 is 11.8 Å². The smallest absolute Gasteiger partial charge is 0.371 e. The van der Waals surface area contributed by atoms with Crippen LogP contribution in [0.2, 0.25) is 0 Å². The van der Waals surface area contributed by atoms with Gasteiger partial charge in [-0.3, -0.25) is 4.79 Å². The van der Waals surface area contributed by atoms with Gasteiger partial charge >= 0.3 is 5.97 Å². The Morgan fingerprint density at radius 2 is 2.00 bits per heavy atom. The third kappa shape index (κ3) is 2.68. The van der Waals surface area contributed by atoms with E-state index in [2.05, 4.69) is 0 Å². The molecule has 0 aliphatic heterocycles. The molecule has 1 unspecified atom stereocenters. The number of rotatable bonds is 5. The molecule has 1 rings (SSSR count). The lowest BCUT2D eigenvalue weighted by Gasteiger charge is -2.05. The minimum Gasteiger partial charge on any atom is -0.475 e. The van der Waals surface area contributed by atoms with E-state index < -0.39 is 5.97 Å². The molecule has 0 aliphatic rings. The SMILES string of the molecule is CCCC(C)C(=O)c1ccc(C(=O)O)o1. The normalized spacial score (nSPS) is 12.4. The van der Waals surface area contributed by atoms with Crippen LogP contribution in [0.4, 0.5) is 0 Å². The third-order valence-corrected chi connectivity index (χ3v) is 2.23. The maximum absolute atomic E-state index is 11.7. The molecular formula is C11H14O4. The second-order valence-corrected chi connectivity index (χ2v) is 3.52. The first-order valence-electron chi connectivity index (χ1n) is 4.93. The van der Waals surface area contributed by atoms with Crippen LogP contribution in [0, 0.1) is 5.92 Å². The van der Waals surface area contributed by atoms with E-state index >= 15 is 0 Å². The zero-order chi connectivity index (χ0) is 11.4. The van der Waals surface area contributed by atoms with Crippen molar-refractivity contribution in [2.24, 2.45) is 5.92 Å². The number of furan rings is 1. The Balaban J connectivity index is 2.78. The summed E-state index contributed by atoms with van der Waals surface area (Å²) < 4.78 is 4.93. The summed E-state index contributed by atoms with van der Waals surface area (Å²) in [5.41, 5.74) is 0. The second kappa shape index (κ2) is 4.77. The lowest BCUT2D eigenvalue weighted by atomic mass is 9.99. The standard InChI is InChI=1S/C11H14O4/c1-3-4-7(2)10(12)8-5-6-9(15-8)11(13)14/h5-7H,3-4H2,1-2H3,(H,13,14). The van der Waals surface area contributed by atoms with Crippen LogP contribution in [0.1, 0.15) is 47.8 Å². The van der Waals surface area contributed by atoms with Gasteiger partial charge in [0.1, 0.15) is 0 Å². The van der Waals surface area contributed by atoms with Crippen molar-refractivity contribution in [3.05, 3.63) is 23.7 Å². The molecular weight excluding hydrogens is 196 g/mol. The first-order valence-corrected chi connectivity index (χ1v) is 4.93. The van der Waals surface area contributed by atoms with Gasteiger partial charge in [0.25, 0.3) is 0 Å². The fourth-order valence-electron chi connectivity index (χ4n) is 1.39. The molecule has 0 radical (unpaired) electrons. The highest BCUT2D eigenvalue weighted by Gasteiger charge is 2.19. The minimum absolute atomic E-state index is 0.122. The number of carbonyl (C=O) groups is 2. The summed E-state index contributed by atoms with van der Waals surface area (Å²) in [6, 6.07) is 2.71. The molecule has 1 aromatic rings. The number of hydrogen-bond acceptors (Lipinski definition) is 3. The van der Waals surface area contributed by atoms with E-state index in [0.29, 0.717) is 0 Å². The minimum atomic E-state index is -1.16.